The van der Waals surface area contributed by atoms with E-state index in [-0.39, 0.29) is 11.9 Å². The molecule has 0 spiro atoms. The predicted molar refractivity (Wildman–Crippen MR) is 98.3 cm³/mol. The van der Waals surface area contributed by atoms with E-state index in [0.717, 1.165) is 11.1 Å². The van der Waals surface area contributed by atoms with Crippen molar-refractivity contribution in [2.45, 2.75) is 26.9 Å². The van der Waals surface area contributed by atoms with Crippen molar-refractivity contribution in [1.29, 1.82) is 0 Å². The van der Waals surface area contributed by atoms with Gasteiger partial charge in [-0.3, -0.25) is 4.79 Å². The Morgan fingerprint density at radius 3 is 2.42 bits per heavy atom. The van der Waals surface area contributed by atoms with E-state index in [1.54, 1.807) is 25.3 Å². The van der Waals surface area contributed by atoms with Crippen LogP contribution in [0.2, 0.25) is 5.02 Å². The maximum atomic E-state index is 12.2. The lowest BCUT2D eigenvalue weighted by Crippen LogP contribution is -2.07. The zero-order valence-corrected chi connectivity index (χ0v) is 15.1. The van der Waals surface area contributed by atoms with Crippen molar-refractivity contribution in [3.63, 3.8) is 0 Å². The molecule has 24 heavy (non-hydrogen) atoms. The number of methoxy groups -OCH3 is 1. The number of carbonyl (C=O) groups excluding carboxylic acids is 1. The van der Waals surface area contributed by atoms with E-state index in [1.807, 2.05) is 45.0 Å². The average Bonchev–Trinajstić information content (AvgIpc) is 2.55. The van der Waals surface area contributed by atoms with Crippen molar-refractivity contribution in [2.24, 2.45) is 0 Å². The summed E-state index contributed by atoms with van der Waals surface area (Å²) in [5, 5.41) is 0.450. The molecule has 2 aromatic rings. The molecule has 126 valence electrons. The molecular formula is C20H21ClO3. The number of allylic oxidation sites excluding steroid dienone is 1. The molecular weight excluding hydrogens is 324 g/mol. The molecule has 0 bridgehead atoms. The van der Waals surface area contributed by atoms with Crippen LogP contribution in [0.4, 0.5) is 0 Å². The third-order valence-electron chi connectivity index (χ3n) is 3.37. The fraction of sp³-hybridized carbons (Fsp3) is 0.250. The Labute approximate surface area is 147 Å². The Kier molecular flexibility index (Phi) is 6.04. The molecule has 4 heteroatoms. The number of ether oxygens (including phenoxy) is 2. The second-order valence-electron chi connectivity index (χ2n) is 5.76. The first-order chi connectivity index (χ1) is 11.4. The summed E-state index contributed by atoms with van der Waals surface area (Å²) in [6.07, 6.45) is 3.23. The third-order valence-corrected chi connectivity index (χ3v) is 3.65. The molecule has 0 aliphatic rings. The van der Waals surface area contributed by atoms with E-state index in [2.05, 4.69) is 0 Å². The Morgan fingerprint density at radius 1 is 1.17 bits per heavy atom. The summed E-state index contributed by atoms with van der Waals surface area (Å²) in [5.41, 5.74) is 2.54. The normalized spacial score (nSPS) is 11.1. The lowest BCUT2D eigenvalue weighted by molar-refractivity contribution is 0.104. The number of ketones is 1. The molecule has 0 heterocycles. The van der Waals surface area contributed by atoms with Gasteiger partial charge in [0.2, 0.25) is 0 Å². The summed E-state index contributed by atoms with van der Waals surface area (Å²) in [6.45, 7) is 5.83. The maximum Gasteiger partial charge on any atom is 0.185 e. The highest BCUT2D eigenvalue weighted by Gasteiger charge is 2.13. The van der Waals surface area contributed by atoms with Gasteiger partial charge in [-0.1, -0.05) is 47.5 Å². The molecule has 0 radical (unpaired) electrons. The largest absolute Gasteiger partial charge is 0.493 e. The minimum absolute atomic E-state index is 0.0130. The van der Waals surface area contributed by atoms with Gasteiger partial charge < -0.3 is 9.47 Å². The van der Waals surface area contributed by atoms with Crippen LogP contribution in [0.1, 0.15) is 35.3 Å². The SMILES string of the molecule is COc1cc(/C=C/C(=O)c2ccc(C)cc2)cc(Cl)c1OC(C)C. The maximum absolute atomic E-state index is 12.2. The molecule has 0 atom stereocenters. The van der Waals surface area contributed by atoms with Crippen LogP contribution in [0.15, 0.2) is 42.5 Å². The van der Waals surface area contributed by atoms with E-state index in [1.165, 1.54) is 6.08 Å². The van der Waals surface area contributed by atoms with Crippen molar-refractivity contribution in [2.75, 3.05) is 7.11 Å². The summed E-state index contributed by atoms with van der Waals surface area (Å²) in [6, 6.07) is 11.0. The van der Waals surface area contributed by atoms with Gasteiger partial charge in [-0.25, -0.2) is 0 Å². The topological polar surface area (TPSA) is 35.5 Å². The van der Waals surface area contributed by atoms with Gasteiger partial charge in [-0.2, -0.15) is 0 Å². The summed E-state index contributed by atoms with van der Waals surface area (Å²) in [5.74, 6) is 0.988. The Hall–Kier alpha value is -2.26. The van der Waals surface area contributed by atoms with Crippen molar-refractivity contribution in [3.8, 4) is 11.5 Å². The molecule has 2 aromatic carbocycles. The summed E-state index contributed by atoms with van der Waals surface area (Å²) in [4.78, 5) is 12.2. The summed E-state index contributed by atoms with van der Waals surface area (Å²) < 4.78 is 11.0. The van der Waals surface area contributed by atoms with Crippen molar-refractivity contribution in [1.82, 2.24) is 0 Å². The highest BCUT2D eigenvalue weighted by molar-refractivity contribution is 6.32. The smallest absolute Gasteiger partial charge is 0.185 e. The van der Waals surface area contributed by atoms with E-state index < -0.39 is 0 Å². The molecule has 0 aromatic heterocycles. The van der Waals surface area contributed by atoms with Crippen molar-refractivity contribution in [3.05, 3.63) is 64.2 Å². The Morgan fingerprint density at radius 2 is 1.83 bits per heavy atom. The van der Waals surface area contributed by atoms with Crippen LogP contribution < -0.4 is 9.47 Å². The van der Waals surface area contributed by atoms with Gasteiger partial charge in [0.1, 0.15) is 0 Å². The van der Waals surface area contributed by atoms with Crippen LogP contribution >= 0.6 is 11.6 Å². The molecule has 0 amide bonds. The molecule has 3 nitrogen and oxygen atoms in total. The molecule has 0 unspecified atom stereocenters. The lowest BCUT2D eigenvalue weighted by atomic mass is 10.1. The van der Waals surface area contributed by atoms with Crippen LogP contribution in [0.5, 0.6) is 11.5 Å². The molecule has 0 fully saturated rings. The van der Waals surface area contributed by atoms with E-state index >= 15 is 0 Å². The Balaban J connectivity index is 2.24. The summed E-state index contributed by atoms with van der Waals surface area (Å²) in [7, 11) is 1.56. The first-order valence-corrected chi connectivity index (χ1v) is 8.11. The van der Waals surface area contributed by atoms with Gasteiger partial charge in [0.05, 0.1) is 18.2 Å². The monoisotopic (exact) mass is 344 g/mol. The number of halogens is 1. The fourth-order valence-electron chi connectivity index (χ4n) is 2.17. The number of hydrogen-bond acceptors (Lipinski definition) is 3. The first-order valence-electron chi connectivity index (χ1n) is 7.74. The van der Waals surface area contributed by atoms with Crippen LogP contribution in [0.25, 0.3) is 6.08 Å². The third kappa shape index (κ3) is 4.62. The number of carbonyl (C=O) groups is 1. The first kappa shape index (κ1) is 18.1. The van der Waals surface area contributed by atoms with E-state index in [0.29, 0.717) is 22.1 Å². The zero-order valence-electron chi connectivity index (χ0n) is 14.3. The highest BCUT2D eigenvalue weighted by Crippen LogP contribution is 2.37. The van der Waals surface area contributed by atoms with E-state index in [9.17, 15) is 4.79 Å². The molecule has 0 aliphatic carbocycles. The molecule has 0 saturated heterocycles. The average molecular weight is 345 g/mol. The van der Waals surface area contributed by atoms with E-state index in [4.69, 9.17) is 21.1 Å². The number of rotatable bonds is 6. The van der Waals surface area contributed by atoms with Gasteiger partial charge in [0.25, 0.3) is 0 Å². The Bertz CT molecular complexity index is 746. The molecule has 0 aliphatic heterocycles. The van der Waals surface area contributed by atoms with Crippen LogP contribution in [0.3, 0.4) is 0 Å². The summed E-state index contributed by atoms with van der Waals surface area (Å²) >= 11 is 6.28. The van der Waals surface area contributed by atoms with Gasteiger partial charge >= 0.3 is 0 Å². The minimum atomic E-state index is -0.0624. The van der Waals surface area contributed by atoms with Gasteiger partial charge in [0.15, 0.2) is 17.3 Å². The highest BCUT2D eigenvalue weighted by atomic mass is 35.5. The quantitative estimate of drug-likeness (QED) is 0.524. The fourth-order valence-corrected chi connectivity index (χ4v) is 2.44. The van der Waals surface area contributed by atoms with Crippen molar-refractivity contribution < 1.29 is 14.3 Å². The van der Waals surface area contributed by atoms with Gasteiger partial charge in [-0.15, -0.1) is 0 Å². The van der Waals surface area contributed by atoms with Gasteiger partial charge in [-0.05, 0) is 44.5 Å². The predicted octanol–water partition coefficient (Wildman–Crippen LogP) is 5.34. The standard InChI is InChI=1S/C20H21ClO3/c1-13(2)24-20-17(21)11-15(12-19(20)23-4)7-10-18(22)16-8-5-14(3)6-9-16/h5-13H,1-4H3/b10-7+. The van der Waals surface area contributed by atoms with Crippen LogP contribution in [-0.4, -0.2) is 19.0 Å². The minimum Gasteiger partial charge on any atom is -0.493 e. The second-order valence-corrected chi connectivity index (χ2v) is 6.17. The molecule has 0 N–H and O–H groups in total. The number of aryl methyl sites for hydroxylation is 1. The van der Waals surface area contributed by atoms with Crippen molar-refractivity contribution >= 4 is 23.5 Å². The second kappa shape index (κ2) is 8.02. The molecule has 0 saturated carbocycles. The molecule has 2 rings (SSSR count). The number of benzene rings is 2. The van der Waals surface area contributed by atoms with Crippen LogP contribution in [-0.2, 0) is 0 Å². The lowest BCUT2D eigenvalue weighted by Gasteiger charge is -2.15. The van der Waals surface area contributed by atoms with Gasteiger partial charge in [0, 0.05) is 5.56 Å². The zero-order chi connectivity index (χ0) is 17.7. The van der Waals surface area contributed by atoms with Crippen LogP contribution in [0, 0.1) is 6.92 Å². The number of hydrogen-bond donors (Lipinski definition) is 0.